The maximum absolute atomic E-state index is 12.0. The Labute approximate surface area is 154 Å². The van der Waals surface area contributed by atoms with Gasteiger partial charge in [0.1, 0.15) is 17.4 Å². The van der Waals surface area contributed by atoms with Crippen LogP contribution >= 0.6 is 15.9 Å². The van der Waals surface area contributed by atoms with E-state index in [9.17, 15) is 14.9 Å². The van der Waals surface area contributed by atoms with Crippen LogP contribution < -0.4 is 10.1 Å². The first-order valence-electron chi connectivity index (χ1n) is 7.49. The minimum absolute atomic E-state index is 0.0237. The van der Waals surface area contributed by atoms with Gasteiger partial charge in [-0.15, -0.1) is 6.58 Å². The lowest BCUT2D eigenvalue weighted by atomic mass is 10.0. The van der Waals surface area contributed by atoms with Gasteiger partial charge in [-0.3, -0.25) is 4.79 Å². The van der Waals surface area contributed by atoms with Crippen LogP contribution in [0.5, 0.6) is 5.75 Å². The summed E-state index contributed by atoms with van der Waals surface area (Å²) >= 11 is 3.34. The van der Waals surface area contributed by atoms with Gasteiger partial charge in [-0.25, -0.2) is 4.79 Å². The second-order valence-electron chi connectivity index (χ2n) is 5.46. The zero-order valence-corrected chi connectivity index (χ0v) is 15.6. The lowest BCUT2D eigenvalue weighted by Gasteiger charge is -2.13. The number of rotatable bonds is 8. The first-order valence-corrected chi connectivity index (χ1v) is 8.28. The number of nitrogens with one attached hydrogen (secondary N) is 1. The second kappa shape index (κ2) is 9.64. The quantitative estimate of drug-likeness (QED) is 0.392. The molecule has 0 radical (unpaired) electrons. The van der Waals surface area contributed by atoms with Crippen molar-refractivity contribution in [1.82, 2.24) is 5.32 Å². The lowest BCUT2D eigenvalue weighted by Crippen LogP contribution is -2.30. The van der Waals surface area contributed by atoms with Crippen molar-refractivity contribution < 1.29 is 19.4 Å². The standard InChI is InChI=1S/C18H19BrN2O4/c1-4-5-13-6-12(7-14(9-20)18(24)21-11(2)3)8-15(19)17(13)25-10-16(22)23/h4,6-8,11H,1,5,10H2,2-3H3,(H,21,24)(H,22,23)/b14-7-. The Bertz CT molecular complexity index is 748. The zero-order valence-electron chi connectivity index (χ0n) is 14.0. The van der Waals surface area contributed by atoms with Crippen LogP contribution in [0.1, 0.15) is 25.0 Å². The van der Waals surface area contributed by atoms with Gasteiger partial charge in [0.25, 0.3) is 5.91 Å². The van der Waals surface area contributed by atoms with E-state index in [0.717, 1.165) is 0 Å². The topological polar surface area (TPSA) is 99.4 Å². The zero-order chi connectivity index (χ0) is 19.0. The van der Waals surface area contributed by atoms with Crippen LogP contribution in [0.15, 0.2) is 34.8 Å². The number of halogens is 1. The Morgan fingerprint density at radius 2 is 2.16 bits per heavy atom. The molecule has 0 aliphatic rings. The molecule has 0 unspecified atom stereocenters. The van der Waals surface area contributed by atoms with Crippen LogP contribution in [0.4, 0.5) is 0 Å². The number of carboxylic acids is 1. The van der Waals surface area contributed by atoms with E-state index >= 15 is 0 Å². The van der Waals surface area contributed by atoms with Crippen LogP contribution in [-0.4, -0.2) is 29.6 Å². The molecule has 132 valence electrons. The molecule has 1 rings (SSSR count). The van der Waals surface area contributed by atoms with Gasteiger partial charge in [-0.1, -0.05) is 6.08 Å². The molecular weight excluding hydrogens is 388 g/mol. The van der Waals surface area contributed by atoms with Crippen LogP contribution in [0.2, 0.25) is 0 Å². The summed E-state index contributed by atoms with van der Waals surface area (Å²) in [6.07, 6.45) is 3.56. The number of hydrogen-bond acceptors (Lipinski definition) is 4. The van der Waals surface area contributed by atoms with Gasteiger partial charge in [0.05, 0.1) is 4.47 Å². The normalized spacial score (nSPS) is 10.9. The molecule has 0 fully saturated rings. The van der Waals surface area contributed by atoms with Gasteiger partial charge in [-0.2, -0.15) is 5.26 Å². The fraction of sp³-hybridized carbons (Fsp3) is 0.278. The van der Waals surface area contributed by atoms with Gasteiger partial charge in [0.2, 0.25) is 0 Å². The third-order valence-electron chi connectivity index (χ3n) is 2.94. The molecule has 0 saturated heterocycles. The maximum Gasteiger partial charge on any atom is 0.341 e. The molecule has 0 spiro atoms. The molecule has 0 atom stereocenters. The molecule has 2 N–H and O–H groups in total. The summed E-state index contributed by atoms with van der Waals surface area (Å²) in [4.78, 5) is 22.7. The van der Waals surface area contributed by atoms with E-state index in [2.05, 4.69) is 27.8 Å². The van der Waals surface area contributed by atoms with E-state index in [4.69, 9.17) is 9.84 Å². The molecule has 0 aliphatic carbocycles. The SMILES string of the molecule is C=CCc1cc(/C=C(/C#N)C(=O)NC(C)C)cc(Br)c1OCC(=O)O. The molecule has 1 amide bonds. The Hall–Kier alpha value is -2.59. The minimum atomic E-state index is -1.09. The average Bonchev–Trinajstić information content (AvgIpc) is 2.51. The van der Waals surface area contributed by atoms with Gasteiger partial charge in [0, 0.05) is 6.04 Å². The van der Waals surface area contributed by atoms with Gasteiger partial charge in [0.15, 0.2) is 6.61 Å². The van der Waals surface area contributed by atoms with E-state index in [-0.39, 0.29) is 11.6 Å². The van der Waals surface area contributed by atoms with Crippen LogP contribution in [0, 0.1) is 11.3 Å². The number of nitriles is 1. The van der Waals surface area contributed by atoms with Gasteiger partial charge >= 0.3 is 5.97 Å². The highest BCUT2D eigenvalue weighted by atomic mass is 79.9. The molecular formula is C18H19BrN2O4. The summed E-state index contributed by atoms with van der Waals surface area (Å²) in [5.74, 6) is -1.15. The van der Waals surface area contributed by atoms with Crippen molar-refractivity contribution in [2.24, 2.45) is 0 Å². The van der Waals surface area contributed by atoms with Crippen molar-refractivity contribution in [1.29, 1.82) is 5.26 Å². The summed E-state index contributed by atoms with van der Waals surface area (Å²) in [7, 11) is 0. The van der Waals surface area contributed by atoms with Crippen molar-refractivity contribution in [2.75, 3.05) is 6.61 Å². The molecule has 1 aromatic carbocycles. The van der Waals surface area contributed by atoms with Gasteiger partial charge in [-0.05, 0) is 65.5 Å². The summed E-state index contributed by atoms with van der Waals surface area (Å²) in [5.41, 5.74) is 1.28. The van der Waals surface area contributed by atoms with Crippen LogP contribution in [-0.2, 0) is 16.0 Å². The highest BCUT2D eigenvalue weighted by Crippen LogP contribution is 2.32. The van der Waals surface area contributed by atoms with E-state index < -0.39 is 18.5 Å². The molecule has 0 aromatic heterocycles. The van der Waals surface area contributed by atoms with Crippen molar-refractivity contribution in [3.8, 4) is 11.8 Å². The van der Waals surface area contributed by atoms with Crippen LogP contribution in [0.25, 0.3) is 6.08 Å². The molecule has 7 heteroatoms. The first kappa shape index (κ1) is 20.5. The number of carboxylic acid groups (broad SMARTS) is 1. The molecule has 1 aromatic rings. The second-order valence-corrected chi connectivity index (χ2v) is 6.32. The predicted molar refractivity (Wildman–Crippen MR) is 98.0 cm³/mol. The number of benzene rings is 1. The number of amides is 1. The fourth-order valence-electron chi connectivity index (χ4n) is 2.01. The Balaban J connectivity index is 3.26. The van der Waals surface area contributed by atoms with Crippen molar-refractivity contribution >= 4 is 33.9 Å². The molecule has 0 aliphatic heterocycles. The smallest absolute Gasteiger partial charge is 0.341 e. The lowest BCUT2D eigenvalue weighted by molar-refractivity contribution is -0.139. The highest BCUT2D eigenvalue weighted by Gasteiger charge is 2.14. The summed E-state index contributed by atoms with van der Waals surface area (Å²) in [6.45, 7) is 6.81. The molecule has 0 heterocycles. The van der Waals surface area contributed by atoms with Crippen molar-refractivity contribution in [3.63, 3.8) is 0 Å². The summed E-state index contributed by atoms with van der Waals surface area (Å²) in [5, 5.41) is 20.7. The van der Waals surface area contributed by atoms with E-state index in [1.165, 1.54) is 6.08 Å². The third kappa shape index (κ3) is 6.43. The Kier molecular flexibility index (Phi) is 7.89. The Morgan fingerprint density at radius 1 is 1.48 bits per heavy atom. The van der Waals surface area contributed by atoms with E-state index in [1.54, 1.807) is 32.1 Å². The van der Waals surface area contributed by atoms with E-state index in [1.807, 2.05) is 6.07 Å². The fourth-order valence-corrected chi connectivity index (χ4v) is 2.65. The molecule has 0 saturated carbocycles. The third-order valence-corrected chi connectivity index (χ3v) is 3.53. The summed E-state index contributed by atoms with van der Waals surface area (Å²) in [6, 6.07) is 5.18. The Morgan fingerprint density at radius 3 is 2.68 bits per heavy atom. The number of nitrogens with zero attached hydrogens (tertiary/aromatic N) is 1. The predicted octanol–water partition coefficient (Wildman–Crippen LogP) is 3.07. The van der Waals surface area contributed by atoms with Crippen LogP contribution in [0.3, 0.4) is 0 Å². The number of carbonyl (C=O) groups is 2. The molecule has 6 nitrogen and oxygen atoms in total. The number of carbonyl (C=O) groups excluding carboxylic acids is 1. The maximum atomic E-state index is 12.0. The first-order chi connectivity index (χ1) is 11.8. The van der Waals surface area contributed by atoms with E-state index in [0.29, 0.717) is 27.8 Å². The monoisotopic (exact) mass is 406 g/mol. The highest BCUT2D eigenvalue weighted by molar-refractivity contribution is 9.10. The van der Waals surface area contributed by atoms with Crippen molar-refractivity contribution in [2.45, 2.75) is 26.3 Å². The van der Waals surface area contributed by atoms with Gasteiger partial charge < -0.3 is 15.2 Å². The molecule has 25 heavy (non-hydrogen) atoms. The average molecular weight is 407 g/mol. The minimum Gasteiger partial charge on any atom is -0.480 e. The van der Waals surface area contributed by atoms with Crippen molar-refractivity contribution in [3.05, 3.63) is 46.0 Å². The largest absolute Gasteiger partial charge is 0.480 e. The number of ether oxygens (including phenoxy) is 1. The molecule has 0 bridgehead atoms. The number of aliphatic carboxylic acids is 1. The summed E-state index contributed by atoms with van der Waals surface area (Å²) < 4.78 is 5.84. The number of allylic oxidation sites excluding steroid dienone is 1. The number of hydrogen-bond donors (Lipinski definition) is 2.